The van der Waals surface area contributed by atoms with Crippen molar-refractivity contribution in [3.05, 3.63) is 41.5 Å². The molecule has 142 valence electrons. The van der Waals surface area contributed by atoms with E-state index in [1.807, 2.05) is 12.1 Å². The summed E-state index contributed by atoms with van der Waals surface area (Å²) in [4.78, 5) is 29.8. The molecule has 0 unspecified atom stereocenters. The first kappa shape index (κ1) is 17.7. The largest absolute Gasteiger partial charge is 0.369 e. The van der Waals surface area contributed by atoms with E-state index in [0.29, 0.717) is 5.56 Å². The Morgan fingerprint density at radius 2 is 2.11 bits per heavy atom. The first-order valence-electron chi connectivity index (χ1n) is 9.61. The molecule has 1 aliphatic carbocycles. The van der Waals surface area contributed by atoms with Crippen molar-refractivity contribution < 1.29 is 4.79 Å². The molecule has 2 aliphatic rings. The van der Waals surface area contributed by atoms with Crippen molar-refractivity contribution in [2.24, 2.45) is 5.92 Å². The highest BCUT2D eigenvalue weighted by molar-refractivity contribution is 5.98. The maximum atomic E-state index is 12.7. The molecule has 1 fully saturated rings. The zero-order valence-electron chi connectivity index (χ0n) is 16.0. The molecule has 1 aliphatic heterocycles. The SMILES string of the molecule is CN(C)C(=O)c1cc2c(nc1NCC1CC1)CCN(c1ccncn1)CC2. The minimum Gasteiger partial charge on any atom is -0.369 e. The van der Waals surface area contributed by atoms with Crippen molar-refractivity contribution >= 4 is 17.5 Å². The van der Waals surface area contributed by atoms with Crippen LogP contribution in [0.4, 0.5) is 11.6 Å². The Balaban J connectivity index is 1.60. The smallest absolute Gasteiger partial charge is 0.257 e. The minimum absolute atomic E-state index is 0.000463. The molecule has 7 heteroatoms. The van der Waals surface area contributed by atoms with Crippen molar-refractivity contribution in [2.75, 3.05) is 43.9 Å². The van der Waals surface area contributed by atoms with Crippen LogP contribution >= 0.6 is 0 Å². The van der Waals surface area contributed by atoms with Gasteiger partial charge in [0.05, 0.1) is 5.56 Å². The fourth-order valence-corrected chi connectivity index (χ4v) is 3.44. The lowest BCUT2D eigenvalue weighted by Crippen LogP contribution is -2.26. The zero-order valence-corrected chi connectivity index (χ0v) is 16.0. The quantitative estimate of drug-likeness (QED) is 0.872. The third-order valence-electron chi connectivity index (χ3n) is 5.24. The summed E-state index contributed by atoms with van der Waals surface area (Å²) in [5.41, 5.74) is 2.92. The number of carbonyl (C=O) groups is 1. The van der Waals surface area contributed by atoms with E-state index in [1.165, 1.54) is 12.8 Å². The summed E-state index contributed by atoms with van der Waals surface area (Å²) in [7, 11) is 3.57. The normalized spacial score (nSPS) is 16.4. The van der Waals surface area contributed by atoms with Crippen molar-refractivity contribution in [1.29, 1.82) is 0 Å². The molecule has 2 aromatic heterocycles. The van der Waals surface area contributed by atoms with Crippen LogP contribution in [0.1, 0.15) is 34.5 Å². The van der Waals surface area contributed by atoms with Gasteiger partial charge in [-0.1, -0.05) is 0 Å². The summed E-state index contributed by atoms with van der Waals surface area (Å²) in [6, 6.07) is 3.98. The molecule has 1 saturated carbocycles. The molecule has 0 radical (unpaired) electrons. The molecule has 7 nitrogen and oxygen atoms in total. The molecule has 1 amide bonds. The van der Waals surface area contributed by atoms with Crippen molar-refractivity contribution in [3.63, 3.8) is 0 Å². The number of carbonyl (C=O) groups excluding carboxylic acids is 1. The number of nitrogens with one attached hydrogen (secondary N) is 1. The van der Waals surface area contributed by atoms with E-state index in [-0.39, 0.29) is 5.91 Å². The van der Waals surface area contributed by atoms with Gasteiger partial charge < -0.3 is 15.1 Å². The highest BCUT2D eigenvalue weighted by Crippen LogP contribution is 2.30. The number of amides is 1. The molecule has 0 bridgehead atoms. The lowest BCUT2D eigenvalue weighted by atomic mass is 10.0. The second-order valence-corrected chi connectivity index (χ2v) is 7.57. The Morgan fingerprint density at radius 3 is 2.81 bits per heavy atom. The third-order valence-corrected chi connectivity index (χ3v) is 5.24. The fraction of sp³-hybridized carbons (Fsp3) is 0.500. The molecule has 0 atom stereocenters. The first-order chi connectivity index (χ1) is 13.1. The number of aromatic nitrogens is 3. The molecule has 0 spiro atoms. The predicted molar refractivity (Wildman–Crippen MR) is 105 cm³/mol. The van der Waals surface area contributed by atoms with Crippen LogP contribution in [0.5, 0.6) is 0 Å². The Labute approximate surface area is 159 Å². The number of fused-ring (bicyclic) bond motifs is 1. The molecular formula is C20H26N6O. The maximum absolute atomic E-state index is 12.7. The molecule has 3 heterocycles. The Bertz CT molecular complexity index is 819. The van der Waals surface area contributed by atoms with E-state index < -0.39 is 0 Å². The van der Waals surface area contributed by atoms with E-state index in [0.717, 1.165) is 61.3 Å². The fourth-order valence-electron chi connectivity index (χ4n) is 3.44. The number of hydrogen-bond donors (Lipinski definition) is 1. The number of anilines is 2. The molecule has 27 heavy (non-hydrogen) atoms. The van der Waals surface area contributed by atoms with Crippen LogP contribution in [0.2, 0.25) is 0 Å². The van der Waals surface area contributed by atoms with Crippen molar-refractivity contribution in [1.82, 2.24) is 19.9 Å². The summed E-state index contributed by atoms with van der Waals surface area (Å²) < 4.78 is 0. The second kappa shape index (κ2) is 7.50. The molecule has 4 rings (SSSR count). The molecule has 0 aromatic carbocycles. The first-order valence-corrected chi connectivity index (χ1v) is 9.61. The van der Waals surface area contributed by atoms with Gasteiger partial charge in [0.15, 0.2) is 0 Å². The van der Waals surface area contributed by atoms with Gasteiger partial charge in [-0.2, -0.15) is 0 Å². The van der Waals surface area contributed by atoms with Crippen LogP contribution in [0, 0.1) is 5.92 Å². The topological polar surface area (TPSA) is 74.2 Å². The number of rotatable bonds is 5. The van der Waals surface area contributed by atoms with Crippen LogP contribution in [0.15, 0.2) is 24.7 Å². The van der Waals surface area contributed by atoms with Gasteiger partial charge >= 0.3 is 0 Å². The van der Waals surface area contributed by atoms with E-state index in [4.69, 9.17) is 4.98 Å². The van der Waals surface area contributed by atoms with Gasteiger partial charge in [0.2, 0.25) is 0 Å². The van der Waals surface area contributed by atoms with Crippen LogP contribution in [-0.4, -0.2) is 59.5 Å². The summed E-state index contributed by atoms with van der Waals surface area (Å²) in [5.74, 6) is 2.39. The summed E-state index contributed by atoms with van der Waals surface area (Å²) >= 11 is 0. The molecular weight excluding hydrogens is 340 g/mol. The highest BCUT2D eigenvalue weighted by atomic mass is 16.2. The van der Waals surface area contributed by atoms with E-state index in [2.05, 4.69) is 20.2 Å². The second-order valence-electron chi connectivity index (χ2n) is 7.57. The number of pyridine rings is 1. The van der Waals surface area contributed by atoms with Gasteiger partial charge in [0, 0.05) is 52.0 Å². The lowest BCUT2D eigenvalue weighted by molar-refractivity contribution is 0.0828. The Hall–Kier alpha value is -2.70. The van der Waals surface area contributed by atoms with Crippen molar-refractivity contribution in [2.45, 2.75) is 25.7 Å². The monoisotopic (exact) mass is 366 g/mol. The summed E-state index contributed by atoms with van der Waals surface area (Å²) in [6.07, 6.45) is 7.58. The predicted octanol–water partition coefficient (Wildman–Crippen LogP) is 2.00. The van der Waals surface area contributed by atoms with E-state index in [9.17, 15) is 4.79 Å². The molecule has 0 saturated heterocycles. The van der Waals surface area contributed by atoms with E-state index >= 15 is 0 Å². The van der Waals surface area contributed by atoms with Gasteiger partial charge in [-0.05, 0) is 42.9 Å². The van der Waals surface area contributed by atoms with Gasteiger partial charge in [-0.15, -0.1) is 0 Å². The average molecular weight is 366 g/mol. The van der Waals surface area contributed by atoms with Gasteiger partial charge in [0.25, 0.3) is 5.91 Å². The van der Waals surface area contributed by atoms with Crippen LogP contribution in [-0.2, 0) is 12.8 Å². The van der Waals surface area contributed by atoms with Gasteiger partial charge in [-0.25, -0.2) is 15.0 Å². The summed E-state index contributed by atoms with van der Waals surface area (Å²) in [6.45, 7) is 2.61. The lowest BCUT2D eigenvalue weighted by Gasteiger charge is -2.20. The van der Waals surface area contributed by atoms with Gasteiger partial charge in [-0.3, -0.25) is 4.79 Å². The zero-order chi connectivity index (χ0) is 18.8. The Kier molecular flexibility index (Phi) is 4.92. The molecule has 1 N–H and O–H groups in total. The summed E-state index contributed by atoms with van der Waals surface area (Å²) in [5, 5.41) is 3.43. The number of hydrogen-bond acceptors (Lipinski definition) is 6. The standard InChI is InChI=1S/C20H26N6O/c1-25(2)20(27)16-11-15-6-9-26(18-5-8-21-13-23-18)10-7-17(15)24-19(16)22-12-14-3-4-14/h5,8,11,13-14H,3-4,6-7,9-10,12H2,1-2H3,(H,22,24). The van der Waals surface area contributed by atoms with Crippen LogP contribution < -0.4 is 10.2 Å². The van der Waals surface area contributed by atoms with Crippen molar-refractivity contribution in [3.8, 4) is 0 Å². The maximum Gasteiger partial charge on any atom is 0.257 e. The van der Waals surface area contributed by atoms with Gasteiger partial charge in [0.1, 0.15) is 18.0 Å². The van der Waals surface area contributed by atoms with Crippen LogP contribution in [0.3, 0.4) is 0 Å². The third kappa shape index (κ3) is 4.02. The molecule has 2 aromatic rings. The van der Waals surface area contributed by atoms with Crippen LogP contribution in [0.25, 0.3) is 0 Å². The number of nitrogens with zero attached hydrogens (tertiary/aromatic N) is 5. The Morgan fingerprint density at radius 1 is 1.30 bits per heavy atom. The highest BCUT2D eigenvalue weighted by Gasteiger charge is 2.25. The minimum atomic E-state index is 0.000463. The average Bonchev–Trinajstić information content (AvgIpc) is 3.52. The van der Waals surface area contributed by atoms with E-state index in [1.54, 1.807) is 31.5 Å².